The Balaban J connectivity index is 2.01. The molecule has 1 aliphatic rings. The van der Waals surface area contributed by atoms with E-state index in [1.54, 1.807) is 0 Å². The molecule has 220 valence electrons. The molecule has 40 heavy (non-hydrogen) atoms. The van der Waals surface area contributed by atoms with E-state index in [0.29, 0.717) is 24.1 Å². The fourth-order valence-electron chi connectivity index (χ4n) is 3.70. The van der Waals surface area contributed by atoms with Crippen LogP contribution in [0.3, 0.4) is 0 Å². The van der Waals surface area contributed by atoms with Gasteiger partial charge in [-0.25, -0.2) is 16.8 Å². The molecule has 1 heterocycles. The van der Waals surface area contributed by atoms with E-state index < -0.39 is 64.8 Å². The Bertz CT molecular complexity index is 1500. The van der Waals surface area contributed by atoms with Crippen LogP contribution in [-0.4, -0.2) is 65.3 Å². The average Bonchev–Trinajstić information content (AvgIpc) is 2.80. The summed E-state index contributed by atoms with van der Waals surface area (Å²) in [6, 6.07) is 6.33. The standard InChI is InChI=1S/C23H22F6N2O6S3/c1-39(33,34)14-40(35,36)30-16-3-2-4-17(13-16)38-18-7-5-15(6-8-19(32)31-9-11-37-12-10-31)20(22(24,25)26)21(18)23(27,28)29/h2-8,13,30H,9-12,14H2,1H3/b8-6+. The number of anilines is 1. The van der Waals surface area contributed by atoms with E-state index in [4.69, 9.17) is 4.74 Å². The Morgan fingerprint density at radius 2 is 1.62 bits per heavy atom. The molecule has 1 aliphatic heterocycles. The first-order chi connectivity index (χ1) is 18.4. The van der Waals surface area contributed by atoms with Gasteiger partial charge < -0.3 is 9.64 Å². The predicted octanol–water partition coefficient (Wildman–Crippen LogP) is 4.49. The summed E-state index contributed by atoms with van der Waals surface area (Å²) >= 11 is 0.294. The van der Waals surface area contributed by atoms with Crippen LogP contribution in [0, 0.1) is 0 Å². The summed E-state index contributed by atoms with van der Waals surface area (Å²) in [4.78, 5) is 12.7. The first-order valence-corrected chi connectivity index (χ1v) is 15.7. The maximum atomic E-state index is 14.1. The van der Waals surface area contributed by atoms with Gasteiger partial charge in [-0.3, -0.25) is 9.52 Å². The molecule has 8 nitrogen and oxygen atoms in total. The SMILES string of the molecule is CS(=O)(=O)CS(=O)(=O)Nc1cccc(Sc2ccc(/C=C/C(=O)N3CCOCC3)c(C(F)(F)F)c2C(F)(F)F)c1. The van der Waals surface area contributed by atoms with Gasteiger partial charge in [0.1, 0.15) is 0 Å². The van der Waals surface area contributed by atoms with Gasteiger partial charge in [0.15, 0.2) is 14.9 Å². The number of nitrogens with one attached hydrogen (secondary N) is 1. The highest BCUT2D eigenvalue weighted by molar-refractivity contribution is 8.08. The summed E-state index contributed by atoms with van der Waals surface area (Å²) in [7, 11) is -8.33. The van der Waals surface area contributed by atoms with Crippen molar-refractivity contribution in [2.24, 2.45) is 0 Å². The van der Waals surface area contributed by atoms with Crippen LogP contribution in [0.2, 0.25) is 0 Å². The summed E-state index contributed by atoms with van der Waals surface area (Å²) in [5, 5.41) is -1.26. The van der Waals surface area contributed by atoms with Crippen molar-refractivity contribution in [3.63, 3.8) is 0 Å². The van der Waals surface area contributed by atoms with Crippen LogP contribution in [0.4, 0.5) is 32.0 Å². The molecule has 0 radical (unpaired) electrons. The van der Waals surface area contributed by atoms with Crippen molar-refractivity contribution in [3.8, 4) is 0 Å². The lowest BCUT2D eigenvalue weighted by molar-refractivity contribution is -0.163. The fraction of sp³-hybridized carbons (Fsp3) is 0.348. The Hall–Kier alpha value is -2.76. The van der Waals surface area contributed by atoms with Crippen LogP contribution in [-0.2, 0) is 41.7 Å². The molecule has 0 saturated carbocycles. The molecule has 2 aromatic carbocycles. The van der Waals surface area contributed by atoms with E-state index in [1.807, 2.05) is 4.72 Å². The predicted molar refractivity (Wildman–Crippen MR) is 136 cm³/mol. The van der Waals surface area contributed by atoms with Gasteiger partial charge in [0.05, 0.1) is 24.3 Å². The van der Waals surface area contributed by atoms with E-state index in [0.717, 1.165) is 24.3 Å². The van der Waals surface area contributed by atoms with Gasteiger partial charge in [0.2, 0.25) is 15.9 Å². The van der Waals surface area contributed by atoms with Crippen molar-refractivity contribution < 1.29 is 52.7 Å². The number of sulfone groups is 1. The second kappa shape index (κ2) is 12.0. The zero-order valence-electron chi connectivity index (χ0n) is 20.5. The lowest BCUT2D eigenvalue weighted by atomic mass is 9.99. The number of hydrogen-bond acceptors (Lipinski definition) is 7. The highest BCUT2D eigenvalue weighted by Gasteiger charge is 2.46. The smallest absolute Gasteiger partial charge is 0.378 e. The van der Waals surface area contributed by atoms with E-state index in [1.165, 1.54) is 23.1 Å². The Kier molecular flexibility index (Phi) is 9.53. The maximum Gasteiger partial charge on any atom is 0.418 e. The minimum atomic E-state index is -5.46. The van der Waals surface area contributed by atoms with Crippen LogP contribution < -0.4 is 4.72 Å². The molecule has 1 amide bonds. The zero-order chi connectivity index (χ0) is 29.9. The summed E-state index contributed by atoms with van der Waals surface area (Å²) in [5.41, 5.74) is -5.04. The Labute approximate surface area is 230 Å². The number of hydrogen-bond donors (Lipinski definition) is 1. The minimum Gasteiger partial charge on any atom is -0.378 e. The van der Waals surface area contributed by atoms with E-state index in [-0.39, 0.29) is 36.9 Å². The molecule has 1 fully saturated rings. The number of carbonyl (C=O) groups excluding carboxylic acids is 1. The first kappa shape index (κ1) is 31.8. The third-order valence-electron chi connectivity index (χ3n) is 5.20. The molecule has 1 N–H and O–H groups in total. The molecule has 0 atom stereocenters. The maximum absolute atomic E-state index is 14.1. The third-order valence-corrected chi connectivity index (χ3v) is 9.75. The van der Waals surface area contributed by atoms with Crippen molar-refractivity contribution in [2.75, 3.05) is 42.4 Å². The number of sulfonamides is 1. The molecule has 3 rings (SSSR count). The van der Waals surface area contributed by atoms with Gasteiger partial charge >= 0.3 is 12.4 Å². The Morgan fingerprint density at radius 1 is 1.00 bits per heavy atom. The monoisotopic (exact) mass is 632 g/mol. The largest absolute Gasteiger partial charge is 0.418 e. The first-order valence-electron chi connectivity index (χ1n) is 11.2. The number of amides is 1. The molecule has 0 spiro atoms. The van der Waals surface area contributed by atoms with Crippen LogP contribution in [0.1, 0.15) is 16.7 Å². The number of carbonyl (C=O) groups is 1. The van der Waals surface area contributed by atoms with Crippen molar-refractivity contribution >= 4 is 49.3 Å². The molecule has 1 saturated heterocycles. The van der Waals surface area contributed by atoms with E-state index >= 15 is 0 Å². The third kappa shape index (κ3) is 8.87. The zero-order valence-corrected chi connectivity index (χ0v) is 23.0. The van der Waals surface area contributed by atoms with Gasteiger partial charge in [-0.1, -0.05) is 23.9 Å². The van der Waals surface area contributed by atoms with Gasteiger partial charge in [0, 0.05) is 40.9 Å². The molecule has 0 unspecified atom stereocenters. The average molecular weight is 633 g/mol. The lowest BCUT2D eigenvalue weighted by Crippen LogP contribution is -2.39. The number of alkyl halides is 6. The normalized spacial score (nSPS) is 15.4. The van der Waals surface area contributed by atoms with Gasteiger partial charge in [0.25, 0.3) is 0 Å². The summed E-state index contributed by atoms with van der Waals surface area (Å²) in [5.74, 6) is -0.682. The molecular weight excluding hydrogens is 610 g/mol. The van der Waals surface area contributed by atoms with Crippen molar-refractivity contribution in [2.45, 2.75) is 22.1 Å². The summed E-state index contributed by atoms with van der Waals surface area (Å²) < 4.78 is 138. The van der Waals surface area contributed by atoms with E-state index in [2.05, 4.69) is 0 Å². The van der Waals surface area contributed by atoms with Gasteiger partial charge in [-0.2, -0.15) is 26.3 Å². The highest BCUT2D eigenvalue weighted by Crippen LogP contribution is 2.48. The second-order valence-electron chi connectivity index (χ2n) is 8.56. The van der Waals surface area contributed by atoms with E-state index in [9.17, 15) is 48.0 Å². The topological polar surface area (TPSA) is 110 Å². The van der Waals surface area contributed by atoms with Crippen LogP contribution >= 0.6 is 11.8 Å². The molecule has 17 heteroatoms. The minimum absolute atomic E-state index is 0.0658. The number of morpholine rings is 1. The quantitative estimate of drug-likeness (QED) is 0.338. The second-order valence-corrected chi connectivity index (χ2v) is 13.9. The fourth-order valence-corrected chi connectivity index (χ4v) is 7.72. The Morgan fingerprint density at radius 3 is 2.20 bits per heavy atom. The van der Waals surface area contributed by atoms with Crippen LogP contribution in [0.15, 0.2) is 52.3 Å². The number of nitrogens with zero attached hydrogens (tertiary/aromatic N) is 1. The number of halogens is 6. The summed E-state index contributed by atoms with van der Waals surface area (Å²) in [6.45, 7) is 0.806. The molecule has 0 aliphatic carbocycles. The van der Waals surface area contributed by atoms with Gasteiger partial charge in [-0.15, -0.1) is 0 Å². The van der Waals surface area contributed by atoms with Crippen LogP contribution in [0.5, 0.6) is 0 Å². The molecule has 0 aromatic heterocycles. The molecule has 2 aromatic rings. The highest BCUT2D eigenvalue weighted by atomic mass is 32.3. The van der Waals surface area contributed by atoms with Crippen molar-refractivity contribution in [1.29, 1.82) is 0 Å². The van der Waals surface area contributed by atoms with Crippen molar-refractivity contribution in [3.05, 3.63) is 59.2 Å². The van der Waals surface area contributed by atoms with Crippen LogP contribution in [0.25, 0.3) is 6.08 Å². The summed E-state index contributed by atoms with van der Waals surface area (Å²) in [6.07, 6.45) is -8.77. The number of rotatable bonds is 8. The number of benzene rings is 2. The molecule has 0 bridgehead atoms. The lowest BCUT2D eigenvalue weighted by Gasteiger charge is -2.25. The molecular formula is C23H22F6N2O6S3. The van der Waals surface area contributed by atoms with Gasteiger partial charge in [-0.05, 0) is 35.9 Å². The van der Waals surface area contributed by atoms with Crippen molar-refractivity contribution in [1.82, 2.24) is 4.90 Å². The number of ether oxygens (including phenoxy) is 1.